The Morgan fingerprint density at radius 3 is 2.17 bits per heavy atom. The van der Waals surface area contributed by atoms with E-state index in [1.54, 1.807) is 0 Å². The summed E-state index contributed by atoms with van der Waals surface area (Å²) in [5, 5.41) is 2.68. The number of hydrogen-bond acceptors (Lipinski definition) is 0. The van der Waals surface area contributed by atoms with Gasteiger partial charge in [-0.15, -0.1) is 0 Å². The number of benzene rings is 3. The third kappa shape index (κ3) is 1.20. The fourth-order valence-electron chi connectivity index (χ4n) is 3.14. The molecule has 3 aromatic rings. The Labute approximate surface area is 107 Å². The lowest BCUT2D eigenvalue weighted by Crippen LogP contribution is -1.89. The molecule has 1 unspecified atom stereocenters. The molecule has 1 atom stereocenters. The average Bonchev–Trinajstić information content (AvgIpc) is 2.71. The molecule has 0 fully saturated rings. The largest absolute Gasteiger partial charge is 0.0619 e. The molecule has 0 heteroatoms. The Kier molecular flexibility index (Phi) is 1.90. The predicted octanol–water partition coefficient (Wildman–Crippen LogP) is 4.97. The Morgan fingerprint density at radius 2 is 1.33 bits per heavy atom. The van der Waals surface area contributed by atoms with Crippen molar-refractivity contribution < 1.29 is 0 Å². The quantitative estimate of drug-likeness (QED) is 0.511. The maximum Gasteiger partial charge on any atom is 0.00735 e. The fraction of sp³-hybridized carbons (Fsp3) is 0.111. The van der Waals surface area contributed by atoms with E-state index < -0.39 is 0 Å². The highest BCUT2D eigenvalue weighted by Gasteiger charge is 2.24. The second-order valence-corrected chi connectivity index (χ2v) is 5.10. The van der Waals surface area contributed by atoms with Crippen LogP contribution in [0.15, 0.2) is 60.7 Å². The minimum Gasteiger partial charge on any atom is -0.0619 e. The van der Waals surface area contributed by atoms with Crippen LogP contribution in [-0.2, 0) is 0 Å². The van der Waals surface area contributed by atoms with Gasteiger partial charge in [0.15, 0.2) is 0 Å². The van der Waals surface area contributed by atoms with Gasteiger partial charge < -0.3 is 0 Å². The summed E-state index contributed by atoms with van der Waals surface area (Å²) in [5.41, 5.74) is 5.75. The second kappa shape index (κ2) is 3.46. The highest BCUT2D eigenvalue weighted by molar-refractivity contribution is 5.92. The zero-order valence-corrected chi connectivity index (χ0v) is 10.4. The van der Waals surface area contributed by atoms with Crippen LogP contribution >= 0.6 is 0 Å². The monoisotopic (exact) mass is 230 g/mol. The molecule has 0 saturated carbocycles. The van der Waals surface area contributed by atoms with Gasteiger partial charge in [-0.3, -0.25) is 0 Å². The molecule has 0 N–H and O–H groups in total. The van der Waals surface area contributed by atoms with Crippen molar-refractivity contribution in [1.29, 1.82) is 0 Å². The molecule has 0 heterocycles. The van der Waals surface area contributed by atoms with E-state index in [1.807, 2.05) is 0 Å². The van der Waals surface area contributed by atoms with Crippen molar-refractivity contribution in [2.75, 3.05) is 0 Å². The van der Waals surface area contributed by atoms with E-state index in [2.05, 4.69) is 67.6 Å². The molecule has 1 aliphatic carbocycles. The van der Waals surface area contributed by atoms with Gasteiger partial charge >= 0.3 is 0 Å². The molecule has 0 aliphatic heterocycles. The van der Waals surface area contributed by atoms with E-state index >= 15 is 0 Å². The molecule has 18 heavy (non-hydrogen) atoms. The minimum atomic E-state index is 0.515. The number of rotatable bonds is 0. The predicted molar refractivity (Wildman–Crippen MR) is 76.9 cm³/mol. The molecule has 4 rings (SSSR count). The second-order valence-electron chi connectivity index (χ2n) is 5.10. The summed E-state index contributed by atoms with van der Waals surface area (Å²) in [6, 6.07) is 22.1. The van der Waals surface area contributed by atoms with Crippen molar-refractivity contribution in [2.45, 2.75) is 12.8 Å². The maximum absolute atomic E-state index is 2.36. The van der Waals surface area contributed by atoms with Crippen LogP contribution in [0.1, 0.15) is 24.0 Å². The molecule has 0 bridgehead atoms. The first-order chi connectivity index (χ1) is 8.84. The Bertz CT molecular complexity index is 753. The van der Waals surface area contributed by atoms with Gasteiger partial charge in [-0.1, -0.05) is 55.5 Å². The highest BCUT2D eigenvalue weighted by Crippen LogP contribution is 2.45. The van der Waals surface area contributed by atoms with Gasteiger partial charge in [0, 0.05) is 5.92 Å². The van der Waals surface area contributed by atoms with Crippen LogP contribution < -0.4 is 0 Å². The molecule has 0 spiro atoms. The molecule has 3 aromatic carbocycles. The first kappa shape index (κ1) is 9.90. The van der Waals surface area contributed by atoms with E-state index in [0.29, 0.717) is 5.92 Å². The van der Waals surface area contributed by atoms with E-state index in [9.17, 15) is 0 Å². The van der Waals surface area contributed by atoms with Gasteiger partial charge in [0.05, 0.1) is 0 Å². The van der Waals surface area contributed by atoms with E-state index in [4.69, 9.17) is 0 Å². The minimum absolute atomic E-state index is 0.515. The van der Waals surface area contributed by atoms with Gasteiger partial charge in [-0.05, 0) is 45.2 Å². The molecular weight excluding hydrogens is 216 g/mol. The Balaban J connectivity index is 2.10. The highest BCUT2D eigenvalue weighted by atomic mass is 14.3. The van der Waals surface area contributed by atoms with Crippen LogP contribution in [0, 0.1) is 0 Å². The third-order valence-corrected chi connectivity index (χ3v) is 4.10. The average molecular weight is 230 g/mol. The van der Waals surface area contributed by atoms with Crippen LogP contribution in [0.5, 0.6) is 0 Å². The summed E-state index contributed by atoms with van der Waals surface area (Å²) < 4.78 is 0. The zero-order chi connectivity index (χ0) is 12.1. The molecule has 0 radical (unpaired) electrons. The Morgan fingerprint density at radius 1 is 0.667 bits per heavy atom. The van der Waals surface area contributed by atoms with Crippen molar-refractivity contribution in [3.05, 3.63) is 71.8 Å². The molecular formula is C18H14. The van der Waals surface area contributed by atoms with Gasteiger partial charge in [0.25, 0.3) is 0 Å². The van der Waals surface area contributed by atoms with Gasteiger partial charge in [-0.25, -0.2) is 0 Å². The number of hydrogen-bond donors (Lipinski definition) is 0. The topological polar surface area (TPSA) is 0 Å². The van der Waals surface area contributed by atoms with E-state index in [0.717, 1.165) is 0 Å². The summed E-state index contributed by atoms with van der Waals surface area (Å²) in [7, 11) is 0. The SMILES string of the molecule is CC1c2ccccc2-c2cc3ccccc3cc21. The van der Waals surface area contributed by atoms with Gasteiger partial charge in [-0.2, -0.15) is 0 Å². The summed E-state index contributed by atoms with van der Waals surface area (Å²) in [6.07, 6.45) is 0. The van der Waals surface area contributed by atoms with Crippen LogP contribution in [0.3, 0.4) is 0 Å². The lowest BCUT2D eigenvalue weighted by atomic mass is 9.97. The van der Waals surface area contributed by atoms with Crippen molar-refractivity contribution >= 4 is 10.8 Å². The van der Waals surface area contributed by atoms with Crippen LogP contribution in [-0.4, -0.2) is 0 Å². The zero-order valence-electron chi connectivity index (χ0n) is 10.4. The Hall–Kier alpha value is -2.08. The van der Waals surface area contributed by atoms with Gasteiger partial charge in [0.1, 0.15) is 0 Å². The van der Waals surface area contributed by atoms with E-state index in [1.165, 1.54) is 33.0 Å². The number of fused-ring (bicyclic) bond motifs is 4. The standard InChI is InChI=1S/C18H14/c1-12-15-8-4-5-9-16(15)18-11-14-7-3-2-6-13(14)10-17(12)18/h2-12H,1H3. The van der Waals surface area contributed by atoms with Crippen molar-refractivity contribution in [2.24, 2.45) is 0 Å². The molecule has 0 nitrogen and oxygen atoms in total. The summed E-state index contributed by atoms with van der Waals surface area (Å²) in [4.78, 5) is 0. The molecule has 0 saturated heterocycles. The summed E-state index contributed by atoms with van der Waals surface area (Å²) in [5.74, 6) is 0.515. The van der Waals surface area contributed by atoms with Crippen LogP contribution in [0.4, 0.5) is 0 Å². The van der Waals surface area contributed by atoms with Crippen LogP contribution in [0.2, 0.25) is 0 Å². The van der Waals surface area contributed by atoms with E-state index in [-0.39, 0.29) is 0 Å². The molecule has 0 aromatic heterocycles. The summed E-state index contributed by atoms with van der Waals surface area (Å²) >= 11 is 0. The van der Waals surface area contributed by atoms with Gasteiger partial charge in [0.2, 0.25) is 0 Å². The lowest BCUT2D eigenvalue weighted by molar-refractivity contribution is 0.959. The summed E-state index contributed by atoms with van der Waals surface area (Å²) in [6.45, 7) is 2.30. The maximum atomic E-state index is 2.36. The van der Waals surface area contributed by atoms with Crippen LogP contribution in [0.25, 0.3) is 21.9 Å². The lowest BCUT2D eigenvalue weighted by Gasteiger charge is -2.07. The van der Waals surface area contributed by atoms with Crippen molar-refractivity contribution in [3.8, 4) is 11.1 Å². The van der Waals surface area contributed by atoms with Crippen molar-refractivity contribution in [1.82, 2.24) is 0 Å². The smallest absolute Gasteiger partial charge is 0.00735 e. The fourth-order valence-corrected chi connectivity index (χ4v) is 3.14. The third-order valence-electron chi connectivity index (χ3n) is 4.10. The molecule has 0 amide bonds. The van der Waals surface area contributed by atoms with Crippen molar-refractivity contribution in [3.63, 3.8) is 0 Å². The first-order valence-electron chi connectivity index (χ1n) is 6.46. The normalized spacial score (nSPS) is 16.6. The molecule has 86 valence electrons. The molecule has 1 aliphatic rings. The first-order valence-corrected chi connectivity index (χ1v) is 6.46.